The van der Waals surface area contributed by atoms with Crippen LogP contribution in [-0.2, 0) is 4.79 Å². The van der Waals surface area contributed by atoms with E-state index in [0.717, 1.165) is 22.9 Å². The molecule has 0 saturated heterocycles. The smallest absolute Gasteiger partial charge is 0.328 e. The van der Waals surface area contributed by atoms with Gasteiger partial charge in [-0.3, -0.25) is 0 Å². The van der Waals surface area contributed by atoms with Crippen LogP contribution >= 0.6 is 11.6 Å². The van der Waals surface area contributed by atoms with Crippen molar-refractivity contribution in [2.24, 2.45) is 0 Å². The molecule has 0 amide bonds. The summed E-state index contributed by atoms with van der Waals surface area (Å²) in [4.78, 5) is 10.4. The Morgan fingerprint density at radius 3 is 2.83 bits per heavy atom. The highest BCUT2D eigenvalue weighted by atomic mass is 35.5. The van der Waals surface area contributed by atoms with Gasteiger partial charge in [-0.1, -0.05) is 17.7 Å². The largest absolute Gasteiger partial charge is 0.478 e. The van der Waals surface area contributed by atoms with Crippen LogP contribution in [-0.4, -0.2) is 20.9 Å². The molecule has 1 aromatic carbocycles. The minimum absolute atomic E-state index is 0.573. The molecular weight excluding hydrogens is 252 g/mol. The van der Waals surface area contributed by atoms with Crippen molar-refractivity contribution in [3.8, 4) is 5.69 Å². The highest BCUT2D eigenvalue weighted by Crippen LogP contribution is 2.18. The topological polar surface area (TPSA) is 55.1 Å². The maximum atomic E-state index is 10.4. The van der Waals surface area contributed by atoms with Crippen molar-refractivity contribution in [2.45, 2.75) is 6.92 Å². The van der Waals surface area contributed by atoms with Gasteiger partial charge >= 0.3 is 5.97 Å². The molecule has 0 radical (unpaired) electrons. The minimum Gasteiger partial charge on any atom is -0.478 e. The fourth-order valence-electron chi connectivity index (χ4n) is 1.64. The first-order valence-corrected chi connectivity index (χ1v) is 5.66. The Kier molecular flexibility index (Phi) is 3.48. The first kappa shape index (κ1) is 12.4. The molecule has 0 atom stereocenters. The molecule has 5 heteroatoms. The quantitative estimate of drug-likeness (QED) is 0.866. The van der Waals surface area contributed by atoms with Gasteiger partial charge < -0.3 is 5.11 Å². The lowest BCUT2D eigenvalue weighted by Crippen LogP contribution is -1.97. The van der Waals surface area contributed by atoms with Crippen molar-refractivity contribution in [3.05, 3.63) is 52.8 Å². The van der Waals surface area contributed by atoms with E-state index in [2.05, 4.69) is 5.10 Å². The maximum Gasteiger partial charge on any atom is 0.328 e. The number of rotatable bonds is 3. The van der Waals surface area contributed by atoms with Crippen LogP contribution in [0.15, 0.2) is 36.7 Å². The lowest BCUT2D eigenvalue weighted by atomic mass is 10.1. The molecule has 1 aromatic heterocycles. The number of carbonyl (C=O) groups is 1. The zero-order valence-corrected chi connectivity index (χ0v) is 10.4. The normalized spacial score (nSPS) is 11.0. The number of hydrogen-bond acceptors (Lipinski definition) is 2. The van der Waals surface area contributed by atoms with Crippen molar-refractivity contribution in [3.63, 3.8) is 0 Å². The van der Waals surface area contributed by atoms with E-state index in [-0.39, 0.29) is 0 Å². The lowest BCUT2D eigenvalue weighted by molar-refractivity contribution is -0.131. The highest BCUT2D eigenvalue weighted by molar-refractivity contribution is 6.30. The Balaban J connectivity index is 2.33. The number of hydrogen-bond donors (Lipinski definition) is 1. The second-order valence-electron chi connectivity index (χ2n) is 3.82. The van der Waals surface area contributed by atoms with Gasteiger partial charge in [0.1, 0.15) is 0 Å². The average Bonchev–Trinajstić information content (AvgIpc) is 2.73. The van der Waals surface area contributed by atoms with Crippen LogP contribution in [0.5, 0.6) is 0 Å². The molecule has 0 fully saturated rings. The summed E-state index contributed by atoms with van der Waals surface area (Å²) in [6, 6.07) is 5.60. The summed E-state index contributed by atoms with van der Waals surface area (Å²) in [6.45, 7) is 1.93. The monoisotopic (exact) mass is 262 g/mol. The molecule has 1 N–H and O–H groups in total. The molecule has 92 valence electrons. The van der Waals surface area contributed by atoms with E-state index in [1.807, 2.05) is 25.1 Å². The van der Waals surface area contributed by atoms with Crippen LogP contribution in [0.2, 0.25) is 5.02 Å². The van der Waals surface area contributed by atoms with Gasteiger partial charge in [0.2, 0.25) is 0 Å². The maximum absolute atomic E-state index is 10.4. The number of aliphatic carboxylic acids is 1. The van der Waals surface area contributed by atoms with Gasteiger partial charge in [-0.25, -0.2) is 9.48 Å². The average molecular weight is 263 g/mol. The lowest BCUT2D eigenvalue weighted by Gasteiger charge is -2.06. The molecule has 0 aliphatic carbocycles. The molecular formula is C13H11ClN2O2. The molecule has 0 bridgehead atoms. The Hall–Kier alpha value is -2.07. The summed E-state index contributed by atoms with van der Waals surface area (Å²) < 4.78 is 1.68. The van der Waals surface area contributed by atoms with Crippen LogP contribution in [0.1, 0.15) is 11.1 Å². The fourth-order valence-corrected chi connectivity index (χ4v) is 1.78. The van der Waals surface area contributed by atoms with Crippen molar-refractivity contribution in [1.82, 2.24) is 9.78 Å². The standard InChI is InChI=1S/C13H11ClN2O2/c1-9-6-10(3-5-13(17)18)2-4-12(9)16-8-11(14)7-15-16/h2-8H,1H3,(H,17,18). The van der Waals surface area contributed by atoms with Crippen molar-refractivity contribution in [1.29, 1.82) is 0 Å². The summed E-state index contributed by atoms with van der Waals surface area (Å²) in [5, 5.41) is 13.3. The summed E-state index contributed by atoms with van der Waals surface area (Å²) in [6.07, 6.45) is 5.95. The molecule has 0 unspecified atom stereocenters. The number of aromatic nitrogens is 2. The van der Waals surface area contributed by atoms with Gasteiger partial charge in [0.15, 0.2) is 0 Å². The Labute approximate surface area is 109 Å². The molecule has 2 rings (SSSR count). The summed E-state index contributed by atoms with van der Waals surface area (Å²) >= 11 is 5.82. The zero-order valence-electron chi connectivity index (χ0n) is 9.67. The van der Waals surface area contributed by atoms with Crippen molar-refractivity contribution < 1.29 is 9.90 Å². The van der Waals surface area contributed by atoms with E-state index in [0.29, 0.717) is 5.02 Å². The first-order chi connectivity index (χ1) is 8.56. The zero-order chi connectivity index (χ0) is 13.1. The molecule has 18 heavy (non-hydrogen) atoms. The molecule has 0 spiro atoms. The third-order valence-electron chi connectivity index (χ3n) is 2.44. The molecule has 0 aliphatic rings. The van der Waals surface area contributed by atoms with Crippen molar-refractivity contribution in [2.75, 3.05) is 0 Å². The predicted molar refractivity (Wildman–Crippen MR) is 70.0 cm³/mol. The van der Waals surface area contributed by atoms with E-state index in [9.17, 15) is 4.79 Å². The van der Waals surface area contributed by atoms with Gasteiger partial charge in [0, 0.05) is 12.3 Å². The Bertz CT molecular complexity index is 617. The summed E-state index contributed by atoms with van der Waals surface area (Å²) in [5.74, 6) is -0.962. The SMILES string of the molecule is Cc1cc(C=CC(=O)O)ccc1-n1cc(Cl)cn1. The number of carboxylic acid groups (broad SMARTS) is 1. The molecule has 0 saturated carbocycles. The van der Waals surface area contributed by atoms with Gasteiger partial charge in [-0.05, 0) is 36.3 Å². The van der Waals surface area contributed by atoms with E-state index in [4.69, 9.17) is 16.7 Å². The van der Waals surface area contributed by atoms with Crippen LogP contribution in [0, 0.1) is 6.92 Å². The van der Waals surface area contributed by atoms with Crippen molar-refractivity contribution >= 4 is 23.6 Å². The number of aryl methyl sites for hydroxylation is 1. The van der Waals surface area contributed by atoms with Crippen LogP contribution in [0.4, 0.5) is 0 Å². The Morgan fingerprint density at radius 2 is 2.28 bits per heavy atom. The van der Waals surface area contributed by atoms with Gasteiger partial charge in [-0.2, -0.15) is 5.10 Å². The van der Waals surface area contributed by atoms with E-state index < -0.39 is 5.97 Å². The number of halogens is 1. The molecule has 4 nitrogen and oxygen atoms in total. The summed E-state index contributed by atoms with van der Waals surface area (Å²) in [7, 11) is 0. The van der Waals surface area contributed by atoms with Crippen LogP contribution in [0.3, 0.4) is 0 Å². The number of nitrogens with zero attached hydrogens (tertiary/aromatic N) is 2. The predicted octanol–water partition coefficient (Wildman–Crippen LogP) is 2.93. The van der Waals surface area contributed by atoms with E-state index in [1.165, 1.54) is 0 Å². The first-order valence-electron chi connectivity index (χ1n) is 5.28. The molecule has 0 aliphatic heterocycles. The third kappa shape index (κ3) is 2.78. The van der Waals surface area contributed by atoms with Gasteiger partial charge in [0.25, 0.3) is 0 Å². The molecule has 1 heterocycles. The minimum atomic E-state index is -0.962. The van der Waals surface area contributed by atoms with Crippen LogP contribution < -0.4 is 0 Å². The summed E-state index contributed by atoms with van der Waals surface area (Å²) in [5.41, 5.74) is 2.73. The number of benzene rings is 1. The van der Waals surface area contributed by atoms with E-state index >= 15 is 0 Å². The van der Waals surface area contributed by atoms with Gasteiger partial charge in [-0.15, -0.1) is 0 Å². The second-order valence-corrected chi connectivity index (χ2v) is 4.26. The Morgan fingerprint density at radius 1 is 1.50 bits per heavy atom. The van der Waals surface area contributed by atoms with E-state index in [1.54, 1.807) is 23.2 Å². The van der Waals surface area contributed by atoms with Crippen LogP contribution in [0.25, 0.3) is 11.8 Å². The fraction of sp³-hybridized carbons (Fsp3) is 0.0769. The number of carboxylic acids is 1. The van der Waals surface area contributed by atoms with Gasteiger partial charge in [0.05, 0.1) is 16.9 Å². The second kappa shape index (κ2) is 5.06. The highest BCUT2D eigenvalue weighted by Gasteiger charge is 2.03. The third-order valence-corrected chi connectivity index (χ3v) is 2.63. The molecule has 2 aromatic rings.